The van der Waals surface area contributed by atoms with Gasteiger partial charge in [0.05, 0.1) is 45.4 Å². The van der Waals surface area contributed by atoms with Gasteiger partial charge in [-0.1, -0.05) is 166 Å². The molecule has 13 aromatic rings. The van der Waals surface area contributed by atoms with Crippen LogP contribution in [0.2, 0.25) is 0 Å². The van der Waals surface area contributed by atoms with Gasteiger partial charge in [-0.25, -0.2) is 4.79 Å². The van der Waals surface area contributed by atoms with Crippen LogP contribution in [0.25, 0.3) is 109 Å². The molecule has 4 heterocycles. The van der Waals surface area contributed by atoms with Crippen LogP contribution in [0.5, 0.6) is 0 Å². The topological polar surface area (TPSA) is 69.3 Å². The molecule has 0 saturated carbocycles. The fraction of sp³-hybridized carbons (Fsp3) is 0.0862. The molecule has 0 spiro atoms. The molecule has 0 bridgehead atoms. The molecule has 0 amide bonds. The number of hydrogen-bond donors (Lipinski definition) is 0. The van der Waals surface area contributed by atoms with Gasteiger partial charge in [0, 0.05) is 21.5 Å². The van der Waals surface area contributed by atoms with Gasteiger partial charge < -0.3 is 4.74 Å². The average molecular weight is 829 g/mol. The van der Waals surface area contributed by atoms with E-state index in [1.807, 2.05) is 150 Å². The zero-order valence-corrected chi connectivity index (χ0v) is 35.5. The van der Waals surface area contributed by atoms with E-state index >= 15 is 0 Å². The smallest absolute Gasteiger partial charge is 0.338 e. The number of aryl methyl sites for hydroxylation is 1. The van der Waals surface area contributed by atoms with E-state index in [4.69, 9.17) is 4.74 Å². The SMILES string of the molecule is Cc1ccc2c3cccc4c(C(=O)OCC(C)C)ccc(c5cccc1c25)c43.O=c1c(-c2ccccc2)c2c3ccccc3n3c(=O)c(-c4ccccc4)c4c5ccccc5n1c4c23. The molecular weight excluding hydrogens is 789 g/mol. The highest BCUT2D eigenvalue weighted by atomic mass is 16.5. The van der Waals surface area contributed by atoms with E-state index in [2.05, 4.69) is 49.4 Å². The number of benzene rings is 9. The van der Waals surface area contributed by atoms with E-state index in [1.165, 1.54) is 37.9 Å². The lowest BCUT2D eigenvalue weighted by Gasteiger charge is -2.17. The van der Waals surface area contributed by atoms with Crippen LogP contribution in [0.1, 0.15) is 29.8 Å². The minimum Gasteiger partial charge on any atom is -0.462 e. The molecule has 0 aliphatic carbocycles. The lowest BCUT2D eigenvalue weighted by molar-refractivity contribution is 0.0461. The second-order valence-corrected chi connectivity index (χ2v) is 17.3. The summed E-state index contributed by atoms with van der Waals surface area (Å²) in [5.74, 6) is 0.0713. The number of nitrogens with zero attached hydrogens (tertiary/aromatic N) is 2. The predicted octanol–water partition coefficient (Wildman–Crippen LogP) is 13.4. The molecule has 13 rings (SSSR count). The normalized spacial score (nSPS) is 12.1. The quantitative estimate of drug-likeness (QED) is 0.0984. The second-order valence-electron chi connectivity index (χ2n) is 17.3. The third kappa shape index (κ3) is 5.29. The van der Waals surface area contributed by atoms with Gasteiger partial charge in [0.15, 0.2) is 0 Å². The summed E-state index contributed by atoms with van der Waals surface area (Å²) in [5.41, 5.74) is 7.93. The van der Waals surface area contributed by atoms with E-state index in [-0.39, 0.29) is 17.1 Å². The Morgan fingerprint density at radius 3 is 1.41 bits per heavy atom. The lowest BCUT2D eigenvalue weighted by atomic mass is 9.87. The monoisotopic (exact) mass is 828 g/mol. The average Bonchev–Trinajstić information content (AvgIpc) is 3.86. The summed E-state index contributed by atoms with van der Waals surface area (Å²) < 4.78 is 9.17. The maximum atomic E-state index is 14.4. The van der Waals surface area contributed by atoms with E-state index in [0.29, 0.717) is 29.2 Å². The fourth-order valence-corrected chi connectivity index (χ4v) is 10.4. The summed E-state index contributed by atoms with van der Waals surface area (Å²) in [6.07, 6.45) is 0. The van der Waals surface area contributed by atoms with Crippen molar-refractivity contribution in [1.82, 2.24) is 8.80 Å². The minimum absolute atomic E-state index is 0.0733. The minimum atomic E-state index is -0.245. The lowest BCUT2D eigenvalue weighted by Crippen LogP contribution is -2.20. The van der Waals surface area contributed by atoms with E-state index < -0.39 is 0 Å². The molecule has 0 radical (unpaired) electrons. The molecule has 6 nitrogen and oxygen atoms in total. The maximum Gasteiger partial charge on any atom is 0.338 e. The number of ether oxygens (including phenoxy) is 1. The summed E-state index contributed by atoms with van der Waals surface area (Å²) in [6, 6.07) is 56.5. The zero-order chi connectivity index (χ0) is 43.4. The number of para-hydroxylation sites is 2. The Hall–Kier alpha value is -8.09. The summed E-state index contributed by atoms with van der Waals surface area (Å²) >= 11 is 0. The third-order valence-corrected chi connectivity index (χ3v) is 13.1. The first kappa shape index (κ1) is 37.7. The van der Waals surface area contributed by atoms with Crippen LogP contribution in [0, 0.1) is 12.8 Å². The summed E-state index contributed by atoms with van der Waals surface area (Å²) in [4.78, 5) is 41.6. The summed E-state index contributed by atoms with van der Waals surface area (Å²) in [6.45, 7) is 6.69. The molecule has 4 aromatic heterocycles. The van der Waals surface area contributed by atoms with E-state index in [1.54, 1.807) is 0 Å². The molecule has 306 valence electrons. The Morgan fingerprint density at radius 2 is 0.875 bits per heavy atom. The zero-order valence-electron chi connectivity index (χ0n) is 35.5. The number of carbonyl (C=O) groups excluding carboxylic acids is 1. The second kappa shape index (κ2) is 14.2. The largest absolute Gasteiger partial charge is 0.462 e. The predicted molar refractivity (Wildman–Crippen MR) is 264 cm³/mol. The standard InChI is InChI=1S/C32H18N2O2.C26H22O2/c35-31-25(19-11-3-1-4-12-19)27-21-15-7-9-17-23(21)34-29(27)30-28(22-16-8-10-18-24(22)33(30)31)26(32(34)36)20-13-5-2-6-14-20;1-15(2)14-28-26(27)23-13-12-22-18-7-4-6-17-16(3)10-11-21(24(17)18)19-8-5-9-20(23)25(19)22/h1-18H;4-13,15H,14H2,1-3H3. The van der Waals surface area contributed by atoms with Crippen molar-refractivity contribution < 1.29 is 9.53 Å². The highest BCUT2D eigenvalue weighted by Gasteiger charge is 2.29. The van der Waals surface area contributed by atoms with Crippen LogP contribution >= 0.6 is 0 Å². The van der Waals surface area contributed by atoms with Crippen molar-refractivity contribution >= 4 is 92.7 Å². The number of fused-ring (bicyclic) bond motifs is 8. The van der Waals surface area contributed by atoms with Crippen molar-refractivity contribution in [3.63, 3.8) is 0 Å². The van der Waals surface area contributed by atoms with Crippen molar-refractivity contribution in [3.05, 3.63) is 202 Å². The fourth-order valence-electron chi connectivity index (χ4n) is 10.4. The number of rotatable bonds is 5. The van der Waals surface area contributed by atoms with E-state index in [9.17, 15) is 14.4 Å². The molecule has 0 atom stereocenters. The van der Waals surface area contributed by atoms with Crippen molar-refractivity contribution in [3.8, 4) is 22.3 Å². The Balaban J connectivity index is 0.000000140. The molecule has 0 fully saturated rings. The van der Waals surface area contributed by atoms with Gasteiger partial charge in [0.1, 0.15) is 0 Å². The van der Waals surface area contributed by atoms with Crippen LogP contribution in [-0.2, 0) is 4.74 Å². The van der Waals surface area contributed by atoms with E-state index in [0.717, 1.165) is 65.5 Å². The number of aromatic nitrogens is 2. The van der Waals surface area contributed by atoms with Gasteiger partial charge in [-0.15, -0.1) is 0 Å². The van der Waals surface area contributed by atoms with Crippen LogP contribution in [0.15, 0.2) is 179 Å². The number of esters is 1. The molecule has 64 heavy (non-hydrogen) atoms. The summed E-state index contributed by atoms with van der Waals surface area (Å²) in [5, 5.41) is 13.0. The third-order valence-electron chi connectivity index (χ3n) is 13.1. The highest BCUT2D eigenvalue weighted by molar-refractivity contribution is 6.34. The number of hydrogen-bond acceptors (Lipinski definition) is 4. The van der Waals surface area contributed by atoms with Crippen LogP contribution in [-0.4, -0.2) is 21.4 Å². The van der Waals surface area contributed by atoms with Gasteiger partial charge in [0.2, 0.25) is 0 Å². The Labute approximate surface area is 366 Å². The van der Waals surface area contributed by atoms with Gasteiger partial charge >= 0.3 is 5.97 Å². The number of carbonyl (C=O) groups is 1. The Kier molecular flexibility index (Phi) is 8.37. The first-order valence-electron chi connectivity index (χ1n) is 21.8. The van der Waals surface area contributed by atoms with Gasteiger partial charge in [0.25, 0.3) is 11.1 Å². The Morgan fingerprint density at radius 1 is 0.453 bits per heavy atom. The molecule has 0 N–H and O–H groups in total. The van der Waals surface area contributed by atoms with Crippen LogP contribution in [0.4, 0.5) is 0 Å². The molecule has 6 heteroatoms. The van der Waals surface area contributed by atoms with Crippen LogP contribution < -0.4 is 11.1 Å². The molecule has 0 unspecified atom stereocenters. The van der Waals surface area contributed by atoms with Gasteiger partial charge in [-0.3, -0.25) is 18.4 Å². The maximum absolute atomic E-state index is 14.4. The molecule has 0 aliphatic heterocycles. The number of pyridine rings is 2. The van der Waals surface area contributed by atoms with Crippen LogP contribution in [0.3, 0.4) is 0 Å². The van der Waals surface area contributed by atoms with Crippen molar-refractivity contribution in [2.75, 3.05) is 6.61 Å². The molecule has 0 saturated heterocycles. The first-order valence-corrected chi connectivity index (χ1v) is 21.8. The van der Waals surface area contributed by atoms with Crippen molar-refractivity contribution in [2.24, 2.45) is 5.92 Å². The van der Waals surface area contributed by atoms with Crippen molar-refractivity contribution in [1.29, 1.82) is 0 Å². The van der Waals surface area contributed by atoms with Gasteiger partial charge in [-0.05, 0) is 90.8 Å². The summed E-state index contributed by atoms with van der Waals surface area (Å²) in [7, 11) is 0. The first-order chi connectivity index (χ1) is 31.3. The molecule has 9 aromatic carbocycles. The Bertz CT molecular complexity index is 3930. The van der Waals surface area contributed by atoms with Crippen molar-refractivity contribution in [2.45, 2.75) is 20.8 Å². The molecular formula is C58H40N2O4. The highest BCUT2D eigenvalue weighted by Crippen LogP contribution is 2.44. The molecule has 0 aliphatic rings. The van der Waals surface area contributed by atoms with Gasteiger partial charge in [-0.2, -0.15) is 0 Å².